The second-order valence-electron chi connectivity index (χ2n) is 6.59. The third-order valence-corrected chi connectivity index (χ3v) is 4.33. The van der Waals surface area contributed by atoms with Gasteiger partial charge in [0, 0.05) is 19.8 Å². The Morgan fingerprint density at radius 1 is 1.26 bits per heavy atom. The van der Waals surface area contributed by atoms with E-state index < -0.39 is 11.8 Å². The fourth-order valence-electron chi connectivity index (χ4n) is 3.13. The minimum absolute atomic E-state index is 0. The molecule has 2 rings (SSSR count). The SMILES string of the molecule is CN(C)C(=O)C1(CN=C(N)Nc2ccc(OC(F)(F)F)cc2)CCCC1.I. The van der Waals surface area contributed by atoms with Crippen molar-refractivity contribution >= 4 is 41.5 Å². The third-order valence-electron chi connectivity index (χ3n) is 4.33. The van der Waals surface area contributed by atoms with Gasteiger partial charge in [0.05, 0.1) is 12.0 Å². The van der Waals surface area contributed by atoms with Crippen molar-refractivity contribution < 1.29 is 22.7 Å². The van der Waals surface area contributed by atoms with Crippen LogP contribution in [0.15, 0.2) is 29.3 Å². The van der Waals surface area contributed by atoms with Gasteiger partial charge in [-0.1, -0.05) is 12.8 Å². The second kappa shape index (κ2) is 9.47. The topological polar surface area (TPSA) is 80.0 Å². The van der Waals surface area contributed by atoms with E-state index in [4.69, 9.17) is 5.73 Å². The standard InChI is InChI=1S/C17H23F3N4O2.HI/c1-24(2)14(25)16(9-3-4-10-16)11-22-15(21)23-12-5-7-13(8-6-12)26-17(18,19)20;/h5-8H,3-4,9-11H2,1-2H3,(H3,21,22,23);1H. The van der Waals surface area contributed by atoms with Crippen LogP contribution in [0.1, 0.15) is 25.7 Å². The third kappa shape index (κ3) is 6.74. The number of nitrogens with two attached hydrogens (primary N) is 1. The summed E-state index contributed by atoms with van der Waals surface area (Å²) in [4.78, 5) is 18.3. The Morgan fingerprint density at radius 2 is 1.81 bits per heavy atom. The second-order valence-corrected chi connectivity index (χ2v) is 6.59. The van der Waals surface area contributed by atoms with Gasteiger partial charge in [-0.2, -0.15) is 0 Å². The largest absolute Gasteiger partial charge is 0.573 e. The predicted molar refractivity (Wildman–Crippen MR) is 108 cm³/mol. The van der Waals surface area contributed by atoms with Crippen molar-refractivity contribution in [2.45, 2.75) is 32.0 Å². The molecule has 0 radical (unpaired) electrons. The molecule has 0 spiro atoms. The zero-order chi connectivity index (χ0) is 19.4. The van der Waals surface area contributed by atoms with Gasteiger partial charge < -0.3 is 20.7 Å². The molecule has 0 heterocycles. The molecule has 1 aliphatic carbocycles. The first-order valence-corrected chi connectivity index (χ1v) is 8.26. The maximum Gasteiger partial charge on any atom is 0.573 e. The number of benzene rings is 1. The zero-order valence-corrected chi connectivity index (χ0v) is 17.5. The van der Waals surface area contributed by atoms with E-state index in [2.05, 4.69) is 15.0 Å². The van der Waals surface area contributed by atoms with Gasteiger partial charge in [-0.15, -0.1) is 37.1 Å². The molecule has 1 saturated carbocycles. The molecule has 0 aliphatic heterocycles. The van der Waals surface area contributed by atoms with Crippen molar-refractivity contribution in [1.82, 2.24) is 4.90 Å². The lowest BCUT2D eigenvalue weighted by Gasteiger charge is -2.29. The number of hydrogen-bond donors (Lipinski definition) is 2. The molecule has 152 valence electrons. The Labute approximate surface area is 173 Å². The van der Waals surface area contributed by atoms with Gasteiger partial charge in [-0.05, 0) is 37.1 Å². The lowest BCUT2D eigenvalue weighted by Crippen LogP contribution is -2.41. The molecule has 0 unspecified atom stereocenters. The van der Waals surface area contributed by atoms with Gasteiger partial charge in [0.15, 0.2) is 5.96 Å². The summed E-state index contributed by atoms with van der Waals surface area (Å²) in [6.07, 6.45) is -1.25. The van der Waals surface area contributed by atoms with Crippen LogP contribution in [0.25, 0.3) is 0 Å². The average Bonchev–Trinajstić information content (AvgIpc) is 3.03. The summed E-state index contributed by atoms with van der Waals surface area (Å²) in [5, 5.41) is 2.81. The van der Waals surface area contributed by atoms with Crippen LogP contribution in [0.4, 0.5) is 18.9 Å². The van der Waals surface area contributed by atoms with Crippen LogP contribution in [0.2, 0.25) is 0 Å². The number of carbonyl (C=O) groups is 1. The molecule has 3 N–H and O–H groups in total. The van der Waals surface area contributed by atoms with Crippen LogP contribution in [-0.2, 0) is 4.79 Å². The Kier molecular flexibility index (Phi) is 8.18. The predicted octanol–water partition coefficient (Wildman–Crippen LogP) is 3.58. The molecule has 27 heavy (non-hydrogen) atoms. The fourth-order valence-corrected chi connectivity index (χ4v) is 3.13. The number of amides is 1. The van der Waals surface area contributed by atoms with Gasteiger partial charge in [0.25, 0.3) is 0 Å². The van der Waals surface area contributed by atoms with E-state index in [1.165, 1.54) is 24.3 Å². The van der Waals surface area contributed by atoms with Crippen molar-refractivity contribution in [3.63, 3.8) is 0 Å². The summed E-state index contributed by atoms with van der Waals surface area (Å²) >= 11 is 0. The smallest absolute Gasteiger partial charge is 0.406 e. The summed E-state index contributed by atoms with van der Waals surface area (Å²) in [6.45, 7) is 0.276. The normalized spacial score (nSPS) is 16.4. The fraction of sp³-hybridized carbons (Fsp3) is 0.529. The highest BCUT2D eigenvalue weighted by Crippen LogP contribution is 2.39. The monoisotopic (exact) mass is 500 g/mol. The van der Waals surface area contributed by atoms with Gasteiger partial charge in [0.2, 0.25) is 5.91 Å². The van der Waals surface area contributed by atoms with E-state index in [9.17, 15) is 18.0 Å². The number of rotatable bonds is 5. The number of carbonyl (C=O) groups excluding carboxylic acids is 1. The van der Waals surface area contributed by atoms with Crippen LogP contribution in [0.3, 0.4) is 0 Å². The van der Waals surface area contributed by atoms with Crippen LogP contribution in [0, 0.1) is 5.41 Å². The van der Waals surface area contributed by atoms with Crippen molar-refractivity contribution in [3.05, 3.63) is 24.3 Å². The van der Waals surface area contributed by atoms with Crippen molar-refractivity contribution in [1.29, 1.82) is 0 Å². The molecule has 6 nitrogen and oxygen atoms in total. The molecule has 0 bridgehead atoms. The highest BCUT2D eigenvalue weighted by molar-refractivity contribution is 14.0. The summed E-state index contributed by atoms with van der Waals surface area (Å²) in [6, 6.07) is 5.16. The van der Waals surface area contributed by atoms with E-state index in [0.717, 1.165) is 25.7 Å². The molecule has 1 aromatic carbocycles. The van der Waals surface area contributed by atoms with E-state index in [-0.39, 0.29) is 48.1 Å². The Morgan fingerprint density at radius 3 is 2.30 bits per heavy atom. The Bertz CT molecular complexity index is 657. The number of hydrogen-bond acceptors (Lipinski definition) is 3. The first-order chi connectivity index (χ1) is 12.1. The number of halogens is 4. The molecular weight excluding hydrogens is 476 g/mol. The van der Waals surface area contributed by atoms with Crippen molar-refractivity contribution in [2.24, 2.45) is 16.1 Å². The highest BCUT2D eigenvalue weighted by Gasteiger charge is 2.42. The molecule has 1 aromatic rings. The number of guanidine groups is 1. The number of nitrogens with one attached hydrogen (secondary N) is 1. The quantitative estimate of drug-likeness (QED) is 0.368. The first-order valence-electron chi connectivity index (χ1n) is 8.26. The summed E-state index contributed by atoms with van der Waals surface area (Å²) < 4.78 is 40.3. The van der Waals surface area contributed by atoms with Crippen LogP contribution in [-0.4, -0.2) is 43.8 Å². The molecule has 1 fully saturated rings. The Hall–Kier alpha value is -1.72. The number of nitrogens with zero attached hydrogens (tertiary/aromatic N) is 2. The van der Waals surface area contributed by atoms with Crippen molar-refractivity contribution in [3.8, 4) is 5.75 Å². The number of alkyl halides is 3. The van der Waals surface area contributed by atoms with E-state index in [0.29, 0.717) is 5.69 Å². The summed E-state index contributed by atoms with van der Waals surface area (Å²) in [7, 11) is 3.44. The van der Waals surface area contributed by atoms with Crippen molar-refractivity contribution in [2.75, 3.05) is 26.0 Å². The number of anilines is 1. The first kappa shape index (κ1) is 23.3. The van der Waals surface area contributed by atoms with Gasteiger partial charge in [-0.3, -0.25) is 9.79 Å². The Balaban J connectivity index is 0.00000364. The zero-order valence-electron chi connectivity index (χ0n) is 15.2. The van der Waals surface area contributed by atoms with E-state index >= 15 is 0 Å². The molecule has 1 aliphatic rings. The summed E-state index contributed by atoms with van der Waals surface area (Å²) in [5.74, 6) is -0.174. The molecule has 0 saturated heterocycles. The lowest BCUT2D eigenvalue weighted by molar-refractivity contribution is -0.274. The van der Waals surface area contributed by atoms with Gasteiger partial charge in [-0.25, -0.2) is 0 Å². The number of ether oxygens (including phenoxy) is 1. The lowest BCUT2D eigenvalue weighted by atomic mass is 9.85. The maximum atomic E-state index is 12.5. The van der Waals surface area contributed by atoms with Crippen LogP contribution < -0.4 is 15.8 Å². The molecular formula is C17H24F3IN4O2. The van der Waals surface area contributed by atoms with E-state index in [1.54, 1.807) is 19.0 Å². The van der Waals surface area contributed by atoms with E-state index in [1.807, 2.05) is 0 Å². The molecule has 0 atom stereocenters. The van der Waals surface area contributed by atoms with Gasteiger partial charge >= 0.3 is 6.36 Å². The average molecular weight is 500 g/mol. The molecule has 1 amide bonds. The highest BCUT2D eigenvalue weighted by atomic mass is 127. The molecule has 10 heteroatoms. The molecule has 0 aromatic heterocycles. The van der Waals surface area contributed by atoms with Crippen LogP contribution >= 0.6 is 24.0 Å². The number of aliphatic imine (C=N–C) groups is 1. The maximum absolute atomic E-state index is 12.5. The minimum Gasteiger partial charge on any atom is -0.406 e. The van der Waals surface area contributed by atoms with Gasteiger partial charge in [0.1, 0.15) is 5.75 Å². The minimum atomic E-state index is -4.73. The summed E-state index contributed by atoms with van der Waals surface area (Å²) in [5.41, 5.74) is 5.81. The van der Waals surface area contributed by atoms with Crippen LogP contribution in [0.5, 0.6) is 5.75 Å².